The molecule has 0 spiro atoms. The zero-order valence-corrected chi connectivity index (χ0v) is 9.89. The number of ether oxygens (including phenoxy) is 1. The molecular weight excluding hydrogens is 237 g/mol. The minimum absolute atomic E-state index is 0.121. The van der Waals surface area contributed by atoms with Crippen LogP contribution in [0.1, 0.15) is 16.8 Å². The molecule has 1 saturated heterocycles. The number of carbonyl (C=O) groups is 1. The van der Waals surface area contributed by atoms with Crippen LogP contribution in [0, 0.1) is 6.57 Å². The molecule has 0 amide bonds. The van der Waals surface area contributed by atoms with Gasteiger partial charge in [-0.3, -0.25) is 0 Å². The zero-order chi connectivity index (χ0) is 13.1. The number of pyridine rings is 1. The lowest BCUT2D eigenvalue weighted by Gasteiger charge is -2.18. The molecule has 0 N–H and O–H groups in total. The van der Waals surface area contributed by atoms with Gasteiger partial charge in [-0.15, -0.1) is 4.98 Å². The van der Waals surface area contributed by atoms with Crippen molar-refractivity contribution < 1.29 is 13.9 Å². The van der Waals surface area contributed by atoms with Crippen molar-refractivity contribution in [3.8, 4) is 0 Å². The average Bonchev–Trinajstić information content (AvgIpc) is 2.83. The van der Waals surface area contributed by atoms with Gasteiger partial charge >= 0.3 is 5.97 Å². The lowest BCUT2D eigenvalue weighted by Crippen LogP contribution is -2.23. The van der Waals surface area contributed by atoms with Gasteiger partial charge in [-0.05, 0) is 12.5 Å². The summed E-state index contributed by atoms with van der Waals surface area (Å²) in [5.74, 6) is -0.422. The Morgan fingerprint density at radius 1 is 1.72 bits per heavy atom. The summed E-state index contributed by atoms with van der Waals surface area (Å²) >= 11 is 0. The van der Waals surface area contributed by atoms with Gasteiger partial charge in [0, 0.05) is 13.1 Å². The van der Waals surface area contributed by atoms with Gasteiger partial charge in [0.15, 0.2) is 0 Å². The van der Waals surface area contributed by atoms with Crippen molar-refractivity contribution in [2.45, 2.75) is 12.6 Å². The Kier molecular flexibility index (Phi) is 3.42. The van der Waals surface area contributed by atoms with Crippen molar-refractivity contribution in [3.05, 3.63) is 29.2 Å². The van der Waals surface area contributed by atoms with Gasteiger partial charge < -0.3 is 14.5 Å². The largest absolute Gasteiger partial charge is 0.465 e. The molecule has 0 aliphatic carbocycles. The summed E-state index contributed by atoms with van der Waals surface area (Å²) in [6, 6.07) is 1.37. The van der Waals surface area contributed by atoms with Crippen molar-refractivity contribution in [2.24, 2.45) is 0 Å². The van der Waals surface area contributed by atoms with Crippen molar-refractivity contribution in [1.29, 1.82) is 0 Å². The minimum Gasteiger partial charge on any atom is -0.465 e. The molecule has 0 bridgehead atoms. The molecule has 0 saturated carbocycles. The van der Waals surface area contributed by atoms with Crippen LogP contribution in [0.25, 0.3) is 4.85 Å². The maximum absolute atomic E-state index is 13.2. The molecule has 1 unspecified atom stereocenters. The lowest BCUT2D eigenvalue weighted by molar-refractivity contribution is 0.0601. The Balaban J connectivity index is 2.40. The first kappa shape index (κ1) is 12.3. The molecule has 1 atom stereocenters. The van der Waals surface area contributed by atoms with Crippen LogP contribution in [0.4, 0.5) is 15.9 Å². The van der Waals surface area contributed by atoms with Gasteiger partial charge in [0.1, 0.15) is 12.4 Å². The maximum Gasteiger partial charge on any atom is 0.338 e. The summed E-state index contributed by atoms with van der Waals surface area (Å²) in [6.07, 6.45) is 0.971. The number of esters is 1. The Labute approximate surface area is 104 Å². The number of methoxy groups -OCH3 is 1. The summed E-state index contributed by atoms with van der Waals surface area (Å²) in [6.45, 7) is 7.66. The van der Waals surface area contributed by atoms with Crippen LogP contribution < -0.4 is 4.90 Å². The summed E-state index contributed by atoms with van der Waals surface area (Å²) in [5.41, 5.74) is 0.780. The molecule has 0 aromatic carbocycles. The van der Waals surface area contributed by atoms with Crippen LogP contribution in [-0.2, 0) is 4.74 Å². The van der Waals surface area contributed by atoms with Gasteiger partial charge in [-0.25, -0.2) is 9.18 Å². The lowest BCUT2D eigenvalue weighted by atomic mass is 10.2. The standard InChI is InChI=1S/C12H12FN3O2/c1-14-11-5-9(12(17)18-2)10(6-15-11)16-4-3-8(13)7-16/h5-6,8H,3-4,7H2,2H3. The van der Waals surface area contributed by atoms with Gasteiger partial charge in [0.2, 0.25) is 0 Å². The monoisotopic (exact) mass is 249 g/mol. The zero-order valence-electron chi connectivity index (χ0n) is 9.89. The summed E-state index contributed by atoms with van der Waals surface area (Å²) in [5, 5.41) is 0. The third kappa shape index (κ3) is 2.25. The van der Waals surface area contributed by atoms with E-state index in [1.807, 2.05) is 0 Å². The first-order chi connectivity index (χ1) is 8.65. The van der Waals surface area contributed by atoms with Gasteiger partial charge in [0.05, 0.1) is 18.4 Å². The van der Waals surface area contributed by atoms with E-state index < -0.39 is 12.1 Å². The highest BCUT2D eigenvalue weighted by molar-refractivity contribution is 5.96. The number of hydrogen-bond acceptors (Lipinski definition) is 4. The first-order valence-corrected chi connectivity index (χ1v) is 5.50. The fourth-order valence-corrected chi connectivity index (χ4v) is 1.96. The highest BCUT2D eigenvalue weighted by Gasteiger charge is 2.27. The number of rotatable bonds is 2. The van der Waals surface area contributed by atoms with E-state index in [9.17, 15) is 9.18 Å². The molecule has 1 aromatic heterocycles. The number of alkyl halides is 1. The van der Waals surface area contributed by atoms with Gasteiger partial charge in [-0.2, -0.15) is 0 Å². The third-order valence-electron chi connectivity index (χ3n) is 2.86. The van der Waals surface area contributed by atoms with Crippen molar-refractivity contribution in [2.75, 3.05) is 25.1 Å². The highest BCUT2D eigenvalue weighted by atomic mass is 19.1. The van der Waals surface area contributed by atoms with Crippen LogP contribution in [0.15, 0.2) is 12.3 Å². The molecule has 5 nitrogen and oxygen atoms in total. The Morgan fingerprint density at radius 3 is 3.06 bits per heavy atom. The van der Waals surface area contributed by atoms with Crippen LogP contribution >= 0.6 is 0 Å². The number of nitrogens with zero attached hydrogens (tertiary/aromatic N) is 3. The molecule has 1 fully saturated rings. The minimum atomic E-state index is -0.893. The Morgan fingerprint density at radius 2 is 2.50 bits per heavy atom. The molecule has 2 rings (SSSR count). The van der Waals surface area contributed by atoms with Crippen LogP contribution in [-0.4, -0.2) is 37.3 Å². The molecule has 6 heteroatoms. The van der Waals surface area contributed by atoms with Crippen LogP contribution in [0.3, 0.4) is 0 Å². The number of halogens is 1. The normalized spacial score (nSPS) is 18.5. The van der Waals surface area contributed by atoms with E-state index in [1.54, 1.807) is 4.90 Å². The molecule has 1 aromatic rings. The summed E-state index contributed by atoms with van der Waals surface area (Å²) in [7, 11) is 1.27. The Bertz CT molecular complexity index is 513. The van der Waals surface area contributed by atoms with Crippen LogP contribution in [0.5, 0.6) is 0 Å². The highest BCUT2D eigenvalue weighted by Crippen LogP contribution is 2.28. The smallest absolute Gasteiger partial charge is 0.338 e. The first-order valence-electron chi connectivity index (χ1n) is 5.50. The van der Waals surface area contributed by atoms with Crippen molar-refractivity contribution in [3.63, 3.8) is 0 Å². The molecule has 0 radical (unpaired) electrons. The predicted molar refractivity (Wildman–Crippen MR) is 63.6 cm³/mol. The van der Waals surface area contributed by atoms with E-state index in [-0.39, 0.29) is 17.9 Å². The molecule has 18 heavy (non-hydrogen) atoms. The van der Waals surface area contributed by atoms with Crippen LogP contribution in [0.2, 0.25) is 0 Å². The number of aromatic nitrogens is 1. The molecule has 1 aliphatic heterocycles. The quantitative estimate of drug-likeness (QED) is 0.594. The summed E-state index contributed by atoms with van der Waals surface area (Å²) in [4.78, 5) is 20.5. The number of hydrogen-bond donors (Lipinski definition) is 0. The van der Waals surface area contributed by atoms with E-state index >= 15 is 0 Å². The van der Waals surface area contributed by atoms with E-state index in [0.29, 0.717) is 18.7 Å². The fourth-order valence-electron chi connectivity index (χ4n) is 1.96. The molecule has 2 heterocycles. The van der Waals surface area contributed by atoms with Crippen molar-refractivity contribution >= 4 is 17.5 Å². The maximum atomic E-state index is 13.2. The fraction of sp³-hybridized carbons (Fsp3) is 0.417. The number of carbonyl (C=O) groups excluding carboxylic acids is 1. The second kappa shape index (κ2) is 5.00. The summed E-state index contributed by atoms with van der Waals surface area (Å²) < 4.78 is 17.9. The Hall–Kier alpha value is -2.16. The van der Waals surface area contributed by atoms with E-state index in [1.165, 1.54) is 19.4 Å². The third-order valence-corrected chi connectivity index (χ3v) is 2.86. The molecular formula is C12H12FN3O2. The predicted octanol–water partition coefficient (Wildman–Crippen LogP) is 1.97. The van der Waals surface area contributed by atoms with Gasteiger partial charge in [-0.1, -0.05) is 6.57 Å². The SMILES string of the molecule is [C-]#[N+]c1cc(C(=O)OC)c(N2CCC(F)C2)cn1. The topological polar surface area (TPSA) is 46.8 Å². The van der Waals surface area contributed by atoms with E-state index in [4.69, 9.17) is 6.57 Å². The second-order valence-corrected chi connectivity index (χ2v) is 4.00. The molecule has 1 aliphatic rings. The van der Waals surface area contributed by atoms with E-state index in [0.717, 1.165) is 0 Å². The second-order valence-electron chi connectivity index (χ2n) is 4.00. The van der Waals surface area contributed by atoms with Gasteiger partial charge in [0.25, 0.3) is 5.82 Å². The average molecular weight is 249 g/mol. The van der Waals surface area contributed by atoms with Crippen molar-refractivity contribution in [1.82, 2.24) is 4.98 Å². The molecule has 94 valence electrons. The number of anilines is 1. The van der Waals surface area contributed by atoms with E-state index in [2.05, 4.69) is 14.6 Å².